The molecule has 1 aliphatic rings. The normalized spacial score (nSPS) is 18.4. The van der Waals surface area contributed by atoms with Gasteiger partial charge in [0.1, 0.15) is 19.0 Å². The molecule has 174 valence electrons. The third-order valence-corrected chi connectivity index (χ3v) is 5.36. The lowest BCUT2D eigenvalue weighted by Crippen LogP contribution is -2.44. The summed E-state index contributed by atoms with van der Waals surface area (Å²) in [5.74, 6) is 2.13. The molecule has 0 bridgehead atoms. The van der Waals surface area contributed by atoms with Gasteiger partial charge in [-0.25, -0.2) is 9.98 Å². The van der Waals surface area contributed by atoms with Crippen LogP contribution in [0.4, 0.5) is 0 Å². The second-order valence-electron chi connectivity index (χ2n) is 7.84. The molecule has 1 unspecified atom stereocenters. The van der Waals surface area contributed by atoms with Crippen molar-refractivity contribution in [1.82, 2.24) is 15.6 Å². The van der Waals surface area contributed by atoms with Crippen molar-refractivity contribution in [3.05, 3.63) is 54.2 Å². The predicted octanol–water partition coefficient (Wildman–Crippen LogP) is 2.38. The van der Waals surface area contributed by atoms with E-state index in [1.165, 1.54) is 0 Å². The molecule has 8 heteroatoms. The molecule has 0 aliphatic carbocycles. The number of aliphatic hydroxyl groups is 1. The highest BCUT2D eigenvalue weighted by Gasteiger charge is 2.34. The summed E-state index contributed by atoms with van der Waals surface area (Å²) in [6, 6.07) is 13.5. The van der Waals surface area contributed by atoms with Crippen LogP contribution in [0.2, 0.25) is 0 Å². The van der Waals surface area contributed by atoms with Gasteiger partial charge in [0.15, 0.2) is 5.96 Å². The molecule has 0 amide bonds. The number of benzene rings is 1. The standard InChI is InChI=1S/C24H34N4O4/c1-2-25-23(28-18-24(10-12-29)11-13-30-19-24)27-17-20-8-9-22(26-16-20)32-15-14-31-21-6-4-3-5-7-21/h3-9,16,29H,2,10-15,17-19H2,1H3,(H2,25,27,28). The fraction of sp³-hybridized carbons (Fsp3) is 0.500. The zero-order chi connectivity index (χ0) is 22.5. The molecule has 32 heavy (non-hydrogen) atoms. The molecule has 3 N–H and O–H groups in total. The topological polar surface area (TPSA) is 97.2 Å². The molecular weight excluding hydrogens is 408 g/mol. The van der Waals surface area contributed by atoms with E-state index in [9.17, 15) is 5.11 Å². The number of hydrogen-bond acceptors (Lipinski definition) is 6. The lowest BCUT2D eigenvalue weighted by Gasteiger charge is -2.27. The molecule has 1 aromatic heterocycles. The maximum absolute atomic E-state index is 9.40. The smallest absolute Gasteiger partial charge is 0.213 e. The number of ether oxygens (including phenoxy) is 3. The number of para-hydroxylation sites is 1. The fourth-order valence-electron chi connectivity index (χ4n) is 3.51. The van der Waals surface area contributed by atoms with Crippen LogP contribution < -0.4 is 20.1 Å². The Kier molecular flexibility index (Phi) is 9.59. The summed E-state index contributed by atoms with van der Waals surface area (Å²) >= 11 is 0. The molecule has 0 radical (unpaired) electrons. The molecule has 0 saturated carbocycles. The van der Waals surface area contributed by atoms with Crippen LogP contribution in [0.5, 0.6) is 11.6 Å². The lowest BCUT2D eigenvalue weighted by atomic mass is 9.84. The lowest BCUT2D eigenvalue weighted by molar-refractivity contribution is 0.127. The number of rotatable bonds is 12. The van der Waals surface area contributed by atoms with Crippen molar-refractivity contribution in [2.45, 2.75) is 26.3 Å². The Balaban J connectivity index is 1.44. The molecule has 2 aromatic rings. The van der Waals surface area contributed by atoms with E-state index in [-0.39, 0.29) is 12.0 Å². The molecule has 1 fully saturated rings. The first-order valence-electron chi connectivity index (χ1n) is 11.2. The summed E-state index contributed by atoms with van der Waals surface area (Å²) in [4.78, 5) is 9.02. The zero-order valence-electron chi connectivity index (χ0n) is 18.8. The van der Waals surface area contributed by atoms with Crippen LogP contribution in [0.3, 0.4) is 0 Å². The van der Waals surface area contributed by atoms with E-state index >= 15 is 0 Å². The van der Waals surface area contributed by atoms with Crippen LogP contribution in [0, 0.1) is 5.41 Å². The van der Waals surface area contributed by atoms with E-state index in [4.69, 9.17) is 14.2 Å². The van der Waals surface area contributed by atoms with Crippen LogP contribution in [-0.2, 0) is 11.3 Å². The Morgan fingerprint density at radius 1 is 1.16 bits per heavy atom. The van der Waals surface area contributed by atoms with Crippen molar-refractivity contribution in [2.24, 2.45) is 10.4 Å². The van der Waals surface area contributed by atoms with E-state index in [1.54, 1.807) is 6.20 Å². The summed E-state index contributed by atoms with van der Waals surface area (Å²) in [7, 11) is 0. The van der Waals surface area contributed by atoms with Crippen LogP contribution in [0.25, 0.3) is 0 Å². The summed E-state index contributed by atoms with van der Waals surface area (Å²) in [5.41, 5.74) is 0.958. The summed E-state index contributed by atoms with van der Waals surface area (Å²) in [6.07, 6.45) is 3.45. The highest BCUT2D eigenvalue weighted by Crippen LogP contribution is 2.31. The van der Waals surface area contributed by atoms with Crippen LogP contribution in [0.1, 0.15) is 25.3 Å². The first-order chi connectivity index (χ1) is 15.7. The van der Waals surface area contributed by atoms with Crippen molar-refractivity contribution in [3.63, 3.8) is 0 Å². The van der Waals surface area contributed by atoms with Gasteiger partial charge < -0.3 is 30.0 Å². The van der Waals surface area contributed by atoms with Crippen LogP contribution in [0.15, 0.2) is 53.7 Å². The summed E-state index contributed by atoms with van der Waals surface area (Å²) in [6.45, 7) is 6.48. The Morgan fingerprint density at radius 3 is 2.69 bits per heavy atom. The number of pyridine rings is 1. The third kappa shape index (κ3) is 7.69. The first kappa shape index (κ1) is 23.8. The van der Waals surface area contributed by atoms with E-state index in [1.807, 2.05) is 49.4 Å². The molecule has 1 aliphatic heterocycles. The van der Waals surface area contributed by atoms with Gasteiger partial charge >= 0.3 is 0 Å². The molecule has 1 aromatic carbocycles. The minimum absolute atomic E-state index is 0.0320. The van der Waals surface area contributed by atoms with Crippen LogP contribution >= 0.6 is 0 Å². The summed E-state index contributed by atoms with van der Waals surface area (Å²) < 4.78 is 16.8. The molecule has 0 spiro atoms. The predicted molar refractivity (Wildman–Crippen MR) is 124 cm³/mol. The number of nitrogens with one attached hydrogen (secondary N) is 2. The minimum Gasteiger partial charge on any atom is -0.490 e. The van der Waals surface area contributed by atoms with Gasteiger partial charge in [0.2, 0.25) is 5.88 Å². The van der Waals surface area contributed by atoms with Crippen molar-refractivity contribution >= 4 is 5.96 Å². The molecule has 2 heterocycles. The Labute approximate surface area is 190 Å². The molecule has 1 saturated heterocycles. The van der Waals surface area contributed by atoms with E-state index < -0.39 is 0 Å². The average molecular weight is 443 g/mol. The number of aliphatic imine (C=N–C) groups is 1. The van der Waals surface area contributed by atoms with Gasteiger partial charge in [-0.2, -0.15) is 0 Å². The largest absolute Gasteiger partial charge is 0.490 e. The number of guanidine groups is 1. The quantitative estimate of drug-likeness (QED) is 0.264. The second kappa shape index (κ2) is 12.9. The first-order valence-corrected chi connectivity index (χ1v) is 11.2. The third-order valence-electron chi connectivity index (χ3n) is 5.36. The monoisotopic (exact) mass is 442 g/mol. The molecule has 3 rings (SSSR count). The average Bonchev–Trinajstić information content (AvgIpc) is 3.29. The SMILES string of the molecule is CCNC(=NCc1ccc(OCCOc2ccccc2)nc1)NCC1(CCO)CCOC1. The van der Waals surface area contributed by atoms with Gasteiger partial charge in [-0.15, -0.1) is 0 Å². The molecular formula is C24H34N4O4. The Hall–Kier alpha value is -2.84. The number of aliphatic hydroxyl groups excluding tert-OH is 1. The maximum Gasteiger partial charge on any atom is 0.213 e. The zero-order valence-corrected chi connectivity index (χ0v) is 18.8. The maximum atomic E-state index is 9.40. The van der Waals surface area contributed by atoms with Gasteiger partial charge in [0, 0.05) is 44.0 Å². The van der Waals surface area contributed by atoms with Crippen molar-refractivity contribution < 1.29 is 19.3 Å². The van der Waals surface area contributed by atoms with Gasteiger partial charge in [-0.05, 0) is 37.5 Å². The van der Waals surface area contributed by atoms with Crippen molar-refractivity contribution in [1.29, 1.82) is 0 Å². The van der Waals surface area contributed by atoms with Gasteiger partial charge in [0.05, 0.1) is 13.2 Å². The van der Waals surface area contributed by atoms with E-state index in [0.29, 0.717) is 32.2 Å². The van der Waals surface area contributed by atoms with Gasteiger partial charge in [-0.3, -0.25) is 0 Å². The minimum atomic E-state index is -0.0320. The number of hydrogen-bond donors (Lipinski definition) is 3. The van der Waals surface area contributed by atoms with Gasteiger partial charge in [0.25, 0.3) is 0 Å². The second-order valence-corrected chi connectivity index (χ2v) is 7.84. The number of aromatic nitrogens is 1. The highest BCUT2D eigenvalue weighted by atomic mass is 16.5. The highest BCUT2D eigenvalue weighted by molar-refractivity contribution is 5.79. The molecule has 1 atom stereocenters. The van der Waals surface area contributed by atoms with Crippen LogP contribution in [-0.4, -0.2) is 62.2 Å². The fourth-order valence-corrected chi connectivity index (χ4v) is 3.51. The van der Waals surface area contributed by atoms with E-state index in [0.717, 1.165) is 49.8 Å². The molecule has 8 nitrogen and oxygen atoms in total. The van der Waals surface area contributed by atoms with Gasteiger partial charge in [-0.1, -0.05) is 24.3 Å². The van der Waals surface area contributed by atoms with Crippen molar-refractivity contribution in [3.8, 4) is 11.6 Å². The number of nitrogens with zero attached hydrogens (tertiary/aromatic N) is 2. The Bertz CT molecular complexity index is 809. The van der Waals surface area contributed by atoms with Crippen molar-refractivity contribution in [2.75, 3.05) is 46.1 Å². The summed E-state index contributed by atoms with van der Waals surface area (Å²) in [5, 5.41) is 16.1. The van der Waals surface area contributed by atoms with E-state index in [2.05, 4.69) is 20.6 Å². The Morgan fingerprint density at radius 2 is 2.00 bits per heavy atom.